The Morgan fingerprint density at radius 3 is 2.79 bits per heavy atom. The van der Waals surface area contributed by atoms with Crippen molar-refractivity contribution in [3.8, 4) is 0 Å². The number of hydrogen-bond acceptors (Lipinski definition) is 4. The molecule has 0 unspecified atom stereocenters. The third-order valence-corrected chi connectivity index (χ3v) is 5.20. The largest absolute Gasteiger partial charge is 0.324 e. The Bertz CT molecular complexity index is 993. The molecule has 1 atom stereocenters. The highest BCUT2D eigenvalue weighted by atomic mass is 35.5. The summed E-state index contributed by atoms with van der Waals surface area (Å²) < 4.78 is 1.35. The second kappa shape index (κ2) is 6.37. The smallest absolute Gasteiger partial charge is 0.262 e. The van der Waals surface area contributed by atoms with Gasteiger partial charge in [-0.1, -0.05) is 17.7 Å². The maximum absolute atomic E-state index is 12.6. The van der Waals surface area contributed by atoms with E-state index in [4.69, 9.17) is 11.6 Å². The highest BCUT2D eigenvalue weighted by Crippen LogP contribution is 2.22. The molecule has 0 bridgehead atoms. The second-order valence-electron chi connectivity index (χ2n) is 5.66. The minimum atomic E-state index is -0.685. The number of nitrogens with one attached hydrogen (secondary N) is 1. The maximum atomic E-state index is 12.6. The van der Waals surface area contributed by atoms with Crippen LogP contribution >= 0.6 is 22.9 Å². The number of fused-ring (bicyclic) bond motifs is 1. The van der Waals surface area contributed by atoms with E-state index in [0.29, 0.717) is 20.9 Å². The molecule has 5 nitrogen and oxygen atoms in total. The second-order valence-corrected chi connectivity index (χ2v) is 7.30. The molecule has 1 amide bonds. The third kappa shape index (κ3) is 3.07. The lowest BCUT2D eigenvalue weighted by Crippen LogP contribution is -2.31. The van der Waals surface area contributed by atoms with E-state index in [9.17, 15) is 9.59 Å². The van der Waals surface area contributed by atoms with Gasteiger partial charge in [0, 0.05) is 15.6 Å². The first-order valence-corrected chi connectivity index (χ1v) is 8.60. The number of benzene rings is 1. The molecule has 0 saturated heterocycles. The van der Waals surface area contributed by atoms with Gasteiger partial charge in [-0.05, 0) is 44.5 Å². The number of anilines is 1. The zero-order valence-electron chi connectivity index (χ0n) is 13.5. The Morgan fingerprint density at radius 2 is 2.08 bits per heavy atom. The molecule has 0 saturated carbocycles. The van der Waals surface area contributed by atoms with Crippen molar-refractivity contribution < 1.29 is 4.79 Å². The molecule has 3 aromatic rings. The molecule has 124 valence electrons. The van der Waals surface area contributed by atoms with Crippen molar-refractivity contribution in [1.29, 1.82) is 0 Å². The van der Waals surface area contributed by atoms with Crippen LogP contribution in [0.15, 0.2) is 35.4 Å². The Morgan fingerprint density at radius 1 is 1.33 bits per heavy atom. The molecule has 0 spiro atoms. The van der Waals surface area contributed by atoms with Crippen LogP contribution in [-0.2, 0) is 4.79 Å². The minimum absolute atomic E-state index is 0.214. The Hall–Kier alpha value is -2.18. The van der Waals surface area contributed by atoms with Crippen molar-refractivity contribution in [2.24, 2.45) is 0 Å². The van der Waals surface area contributed by atoms with E-state index in [2.05, 4.69) is 10.3 Å². The molecular weight excluding hydrogens is 346 g/mol. The fraction of sp³-hybridized carbons (Fsp3) is 0.235. The van der Waals surface area contributed by atoms with E-state index in [0.717, 1.165) is 10.4 Å². The lowest BCUT2D eigenvalue weighted by Gasteiger charge is -2.15. The monoisotopic (exact) mass is 361 g/mol. The zero-order chi connectivity index (χ0) is 17.4. The van der Waals surface area contributed by atoms with Crippen LogP contribution in [0.1, 0.15) is 23.4 Å². The molecule has 7 heteroatoms. The van der Waals surface area contributed by atoms with E-state index in [-0.39, 0.29) is 11.5 Å². The first-order chi connectivity index (χ1) is 11.4. The van der Waals surface area contributed by atoms with Gasteiger partial charge in [-0.15, -0.1) is 11.3 Å². The van der Waals surface area contributed by atoms with Crippen LogP contribution in [0.3, 0.4) is 0 Å². The number of nitrogens with zero attached hydrogens (tertiary/aromatic N) is 2. The predicted octanol–water partition coefficient (Wildman–Crippen LogP) is 3.93. The van der Waals surface area contributed by atoms with Crippen LogP contribution in [-0.4, -0.2) is 15.5 Å². The highest BCUT2D eigenvalue weighted by molar-refractivity contribution is 7.18. The molecule has 1 N–H and O–H groups in total. The van der Waals surface area contributed by atoms with E-state index in [1.54, 1.807) is 25.1 Å². The maximum Gasteiger partial charge on any atom is 0.262 e. The van der Waals surface area contributed by atoms with Crippen molar-refractivity contribution in [2.75, 3.05) is 5.32 Å². The molecule has 0 aliphatic rings. The summed E-state index contributed by atoms with van der Waals surface area (Å²) in [6, 6.07) is 6.41. The number of aryl methyl sites for hydroxylation is 2. The number of carbonyl (C=O) groups is 1. The number of halogens is 1. The summed E-state index contributed by atoms with van der Waals surface area (Å²) in [5.74, 6) is -0.301. The zero-order valence-corrected chi connectivity index (χ0v) is 15.0. The number of aromatic nitrogens is 2. The third-order valence-electron chi connectivity index (χ3n) is 3.84. The molecule has 3 rings (SSSR count). The van der Waals surface area contributed by atoms with Gasteiger partial charge in [-0.3, -0.25) is 14.2 Å². The van der Waals surface area contributed by atoms with Gasteiger partial charge in [0.25, 0.3) is 5.56 Å². The molecule has 0 aliphatic heterocycles. The SMILES string of the molecule is Cc1cc2c(=O)n([C@@H](C)C(=O)Nc3ccc(C)c(Cl)c3)cnc2s1. The lowest BCUT2D eigenvalue weighted by molar-refractivity contribution is -0.118. The normalized spacial score (nSPS) is 12.3. The van der Waals surface area contributed by atoms with Gasteiger partial charge in [0.1, 0.15) is 10.9 Å². The van der Waals surface area contributed by atoms with Gasteiger partial charge >= 0.3 is 0 Å². The topological polar surface area (TPSA) is 64.0 Å². The van der Waals surface area contributed by atoms with Gasteiger partial charge in [-0.25, -0.2) is 4.98 Å². The summed E-state index contributed by atoms with van der Waals surface area (Å²) in [5, 5.41) is 3.90. The highest BCUT2D eigenvalue weighted by Gasteiger charge is 2.18. The van der Waals surface area contributed by atoms with Crippen LogP contribution in [0.4, 0.5) is 5.69 Å². The molecule has 24 heavy (non-hydrogen) atoms. The molecule has 2 heterocycles. The fourth-order valence-corrected chi connectivity index (χ4v) is 3.40. The van der Waals surface area contributed by atoms with Crippen LogP contribution in [0.2, 0.25) is 5.02 Å². The van der Waals surface area contributed by atoms with E-state index in [1.165, 1.54) is 22.2 Å². The van der Waals surface area contributed by atoms with Gasteiger partial charge in [-0.2, -0.15) is 0 Å². The number of hydrogen-bond donors (Lipinski definition) is 1. The van der Waals surface area contributed by atoms with Crippen LogP contribution in [0.25, 0.3) is 10.2 Å². The van der Waals surface area contributed by atoms with E-state index < -0.39 is 6.04 Å². The first kappa shape index (κ1) is 16.7. The van der Waals surface area contributed by atoms with Gasteiger partial charge < -0.3 is 5.32 Å². The van der Waals surface area contributed by atoms with Gasteiger partial charge in [0.2, 0.25) is 5.91 Å². The molecule has 0 fully saturated rings. The van der Waals surface area contributed by atoms with Crippen molar-refractivity contribution in [3.05, 3.63) is 56.4 Å². The summed E-state index contributed by atoms with van der Waals surface area (Å²) in [6.45, 7) is 5.48. The fourth-order valence-electron chi connectivity index (χ4n) is 2.38. The average Bonchev–Trinajstić information content (AvgIpc) is 2.92. The number of rotatable bonds is 3. The summed E-state index contributed by atoms with van der Waals surface area (Å²) in [6.07, 6.45) is 1.42. The standard InChI is InChI=1S/C17H16ClN3O2S/c1-9-4-5-12(7-14(9)18)20-15(22)11(3)21-8-19-16-13(17(21)23)6-10(2)24-16/h4-8,11H,1-3H3,(H,20,22)/t11-/m0/s1. The number of amides is 1. The summed E-state index contributed by atoms with van der Waals surface area (Å²) in [5.41, 5.74) is 1.31. The van der Waals surface area contributed by atoms with Crippen LogP contribution in [0, 0.1) is 13.8 Å². The van der Waals surface area contributed by atoms with Crippen molar-refractivity contribution >= 4 is 44.7 Å². The summed E-state index contributed by atoms with van der Waals surface area (Å²) in [7, 11) is 0. The Labute approximate surface area is 147 Å². The van der Waals surface area contributed by atoms with Crippen molar-refractivity contribution in [3.63, 3.8) is 0 Å². The molecular formula is C17H16ClN3O2S. The summed E-state index contributed by atoms with van der Waals surface area (Å²) in [4.78, 5) is 31.0. The van der Waals surface area contributed by atoms with Gasteiger partial charge in [0.05, 0.1) is 11.7 Å². The molecule has 2 aromatic heterocycles. The molecule has 0 radical (unpaired) electrons. The van der Waals surface area contributed by atoms with Crippen LogP contribution in [0.5, 0.6) is 0 Å². The predicted molar refractivity (Wildman–Crippen MR) is 98.1 cm³/mol. The Balaban J connectivity index is 1.89. The molecule has 1 aromatic carbocycles. The quantitative estimate of drug-likeness (QED) is 0.768. The van der Waals surface area contributed by atoms with E-state index >= 15 is 0 Å². The molecule has 0 aliphatic carbocycles. The van der Waals surface area contributed by atoms with Gasteiger partial charge in [0.15, 0.2) is 0 Å². The lowest BCUT2D eigenvalue weighted by atomic mass is 10.2. The van der Waals surface area contributed by atoms with Crippen molar-refractivity contribution in [2.45, 2.75) is 26.8 Å². The number of thiophene rings is 1. The average molecular weight is 362 g/mol. The minimum Gasteiger partial charge on any atom is -0.324 e. The first-order valence-electron chi connectivity index (χ1n) is 7.41. The van der Waals surface area contributed by atoms with E-state index in [1.807, 2.05) is 19.9 Å². The summed E-state index contributed by atoms with van der Waals surface area (Å²) >= 11 is 7.53. The number of carbonyl (C=O) groups excluding carboxylic acids is 1. The van der Waals surface area contributed by atoms with Crippen LogP contribution < -0.4 is 10.9 Å². The Kier molecular flexibility index (Phi) is 4.43. The van der Waals surface area contributed by atoms with Crippen molar-refractivity contribution in [1.82, 2.24) is 9.55 Å².